The molecule has 0 aromatic heterocycles. The molecule has 0 aliphatic heterocycles. The van der Waals surface area contributed by atoms with E-state index in [1.165, 1.54) is 62.8 Å². The standard InChI is InChI=1S/C10H22O.C6H6O3S.Na/c1-3-5-7-9-11-10-8-6-4-2;7-10(8,9)6-4-2-1-3-5-6;/h3-10H2,1-2H3;1-5H,(H,7,8,9);/q;;+1/p-1. The van der Waals surface area contributed by atoms with Gasteiger partial charge in [0.2, 0.25) is 0 Å². The Morgan fingerprint density at radius 1 is 0.909 bits per heavy atom. The molecule has 0 radical (unpaired) electrons. The van der Waals surface area contributed by atoms with Crippen LogP contribution in [0.3, 0.4) is 0 Å². The molecule has 0 spiro atoms. The molecule has 0 unspecified atom stereocenters. The first-order valence-corrected chi connectivity index (χ1v) is 9.01. The molecule has 0 saturated heterocycles. The van der Waals surface area contributed by atoms with Gasteiger partial charge in [-0.3, -0.25) is 0 Å². The molecule has 0 fully saturated rings. The fourth-order valence-electron chi connectivity index (χ4n) is 1.60. The second-order valence-corrected chi connectivity index (χ2v) is 6.17. The predicted octanol–water partition coefficient (Wildman–Crippen LogP) is 0.978. The van der Waals surface area contributed by atoms with Gasteiger partial charge >= 0.3 is 29.6 Å². The normalized spacial score (nSPS) is 10.3. The number of hydrogen-bond donors (Lipinski definition) is 0. The minimum Gasteiger partial charge on any atom is -0.744 e. The van der Waals surface area contributed by atoms with Crippen molar-refractivity contribution in [1.82, 2.24) is 0 Å². The number of unbranched alkanes of at least 4 members (excludes halogenated alkanes) is 4. The van der Waals surface area contributed by atoms with Gasteiger partial charge in [-0.1, -0.05) is 57.7 Å². The fraction of sp³-hybridized carbons (Fsp3) is 0.625. The smallest absolute Gasteiger partial charge is 0.744 e. The van der Waals surface area contributed by atoms with E-state index in [-0.39, 0.29) is 34.5 Å². The molecule has 0 atom stereocenters. The zero-order valence-electron chi connectivity index (χ0n) is 14.1. The third kappa shape index (κ3) is 15.0. The Bertz CT molecular complexity index is 427. The minimum absolute atomic E-state index is 0. The van der Waals surface area contributed by atoms with E-state index < -0.39 is 10.1 Å². The Kier molecular flexibility index (Phi) is 17.7. The van der Waals surface area contributed by atoms with Gasteiger partial charge in [0.05, 0.1) is 4.90 Å². The number of ether oxygens (including phenoxy) is 1. The molecule has 122 valence electrons. The van der Waals surface area contributed by atoms with Gasteiger partial charge in [0.15, 0.2) is 0 Å². The van der Waals surface area contributed by atoms with Crippen LogP contribution in [0.2, 0.25) is 0 Å². The molecule has 1 aromatic carbocycles. The largest absolute Gasteiger partial charge is 1.00 e. The quantitative estimate of drug-likeness (QED) is 0.382. The summed E-state index contributed by atoms with van der Waals surface area (Å²) in [6.45, 7) is 6.38. The molecule has 6 heteroatoms. The number of benzene rings is 1. The first-order chi connectivity index (χ1) is 10.0. The van der Waals surface area contributed by atoms with Crippen molar-refractivity contribution >= 4 is 10.1 Å². The van der Waals surface area contributed by atoms with E-state index in [4.69, 9.17) is 4.74 Å². The molecule has 0 N–H and O–H groups in total. The van der Waals surface area contributed by atoms with Crippen LogP contribution in [0, 0.1) is 0 Å². The summed E-state index contributed by atoms with van der Waals surface area (Å²) in [6.07, 6.45) is 7.68. The van der Waals surface area contributed by atoms with Crippen LogP contribution in [0.1, 0.15) is 52.4 Å². The van der Waals surface area contributed by atoms with E-state index in [2.05, 4.69) is 13.8 Å². The molecule has 0 aliphatic rings. The molecule has 0 amide bonds. The van der Waals surface area contributed by atoms with Crippen molar-refractivity contribution in [3.05, 3.63) is 30.3 Å². The molecule has 0 aliphatic carbocycles. The van der Waals surface area contributed by atoms with Gasteiger partial charge in [0.25, 0.3) is 0 Å². The zero-order valence-corrected chi connectivity index (χ0v) is 16.9. The average molecular weight is 338 g/mol. The number of hydrogen-bond acceptors (Lipinski definition) is 4. The van der Waals surface area contributed by atoms with Crippen molar-refractivity contribution in [1.29, 1.82) is 0 Å². The fourth-order valence-corrected chi connectivity index (χ4v) is 2.09. The number of rotatable bonds is 9. The van der Waals surface area contributed by atoms with E-state index in [1.54, 1.807) is 6.07 Å². The Labute approximate surface area is 157 Å². The van der Waals surface area contributed by atoms with Crippen LogP contribution in [-0.4, -0.2) is 26.2 Å². The van der Waals surface area contributed by atoms with E-state index in [9.17, 15) is 13.0 Å². The predicted molar refractivity (Wildman–Crippen MR) is 84.3 cm³/mol. The van der Waals surface area contributed by atoms with Crippen LogP contribution < -0.4 is 29.6 Å². The summed E-state index contributed by atoms with van der Waals surface area (Å²) in [5, 5.41) is 0. The Balaban J connectivity index is 0. The van der Waals surface area contributed by atoms with Crippen molar-refractivity contribution in [3.8, 4) is 0 Å². The van der Waals surface area contributed by atoms with E-state index in [0.717, 1.165) is 13.2 Å². The van der Waals surface area contributed by atoms with Gasteiger partial charge in [0, 0.05) is 13.2 Å². The maximum atomic E-state index is 10.3. The SMILES string of the molecule is CCCCCOCCCCC.O=S(=O)([O-])c1ccccc1.[Na+]. The van der Waals surface area contributed by atoms with E-state index in [0.29, 0.717) is 0 Å². The topological polar surface area (TPSA) is 66.4 Å². The van der Waals surface area contributed by atoms with Crippen LogP contribution in [0.5, 0.6) is 0 Å². The van der Waals surface area contributed by atoms with Gasteiger partial charge in [-0.15, -0.1) is 0 Å². The van der Waals surface area contributed by atoms with Crippen molar-refractivity contribution < 1.29 is 47.3 Å². The van der Waals surface area contributed by atoms with Crippen LogP contribution in [0.25, 0.3) is 0 Å². The second kappa shape index (κ2) is 16.0. The summed E-state index contributed by atoms with van der Waals surface area (Å²) in [4.78, 5) is -0.185. The second-order valence-electron chi connectivity index (χ2n) is 4.79. The first-order valence-electron chi connectivity index (χ1n) is 7.61. The van der Waals surface area contributed by atoms with Gasteiger partial charge in [0.1, 0.15) is 10.1 Å². The molecule has 1 aromatic rings. The molecule has 22 heavy (non-hydrogen) atoms. The Morgan fingerprint density at radius 3 is 1.68 bits per heavy atom. The van der Waals surface area contributed by atoms with Gasteiger partial charge < -0.3 is 9.29 Å². The molecular formula is C16H27NaO4S. The van der Waals surface area contributed by atoms with E-state index >= 15 is 0 Å². The third-order valence-electron chi connectivity index (χ3n) is 2.82. The summed E-state index contributed by atoms with van der Waals surface area (Å²) >= 11 is 0. The maximum absolute atomic E-state index is 10.3. The van der Waals surface area contributed by atoms with Gasteiger partial charge in [-0.25, -0.2) is 8.42 Å². The maximum Gasteiger partial charge on any atom is 1.00 e. The summed E-state index contributed by atoms with van der Waals surface area (Å²) in [7, 11) is -4.25. The molecule has 4 nitrogen and oxygen atoms in total. The minimum atomic E-state index is -4.25. The molecular weight excluding hydrogens is 311 g/mol. The molecule has 0 heterocycles. The summed E-state index contributed by atoms with van der Waals surface area (Å²) < 4.78 is 36.3. The average Bonchev–Trinajstić information content (AvgIpc) is 2.47. The van der Waals surface area contributed by atoms with Crippen molar-refractivity contribution in [2.45, 2.75) is 57.3 Å². The summed E-state index contributed by atoms with van der Waals surface area (Å²) in [6, 6.07) is 7.19. The monoisotopic (exact) mass is 338 g/mol. The zero-order chi connectivity index (χ0) is 16.0. The molecule has 0 saturated carbocycles. The van der Waals surface area contributed by atoms with Gasteiger partial charge in [-0.05, 0) is 25.0 Å². The third-order valence-corrected chi connectivity index (χ3v) is 3.67. The van der Waals surface area contributed by atoms with Crippen LogP contribution >= 0.6 is 0 Å². The van der Waals surface area contributed by atoms with Gasteiger partial charge in [-0.2, -0.15) is 0 Å². The Hall–Kier alpha value is 0.0900. The Morgan fingerprint density at radius 2 is 1.36 bits per heavy atom. The molecule has 1 rings (SSSR count). The molecule has 0 bridgehead atoms. The van der Waals surface area contributed by atoms with Crippen molar-refractivity contribution in [3.63, 3.8) is 0 Å². The summed E-state index contributed by atoms with van der Waals surface area (Å²) in [5.41, 5.74) is 0. The summed E-state index contributed by atoms with van der Waals surface area (Å²) in [5.74, 6) is 0. The van der Waals surface area contributed by atoms with E-state index in [1.807, 2.05) is 0 Å². The first kappa shape index (κ1) is 24.3. The van der Waals surface area contributed by atoms with Crippen LogP contribution in [-0.2, 0) is 14.9 Å². The van der Waals surface area contributed by atoms with Crippen molar-refractivity contribution in [2.75, 3.05) is 13.2 Å². The van der Waals surface area contributed by atoms with Crippen LogP contribution in [0.4, 0.5) is 0 Å². The van der Waals surface area contributed by atoms with Crippen molar-refractivity contribution in [2.24, 2.45) is 0 Å². The van der Waals surface area contributed by atoms with Crippen LogP contribution in [0.15, 0.2) is 35.2 Å².